The molecule has 0 bridgehead atoms. The van der Waals surface area contributed by atoms with Gasteiger partial charge in [0.1, 0.15) is 17.2 Å². The summed E-state index contributed by atoms with van der Waals surface area (Å²) in [6.45, 7) is 6.31. The first-order valence-corrected chi connectivity index (χ1v) is 12.1. The third-order valence-electron chi connectivity index (χ3n) is 6.16. The van der Waals surface area contributed by atoms with Crippen molar-refractivity contribution in [3.05, 3.63) is 95.3 Å². The van der Waals surface area contributed by atoms with E-state index in [9.17, 15) is 4.79 Å². The van der Waals surface area contributed by atoms with Crippen LogP contribution >= 0.6 is 11.6 Å². The first-order valence-electron chi connectivity index (χ1n) is 11.7. The van der Waals surface area contributed by atoms with Crippen LogP contribution in [0.15, 0.2) is 83.6 Å². The number of nitrogens with zero attached hydrogens (tertiary/aromatic N) is 1. The summed E-state index contributed by atoms with van der Waals surface area (Å²) in [7, 11) is 0. The molecule has 0 aliphatic rings. The van der Waals surface area contributed by atoms with Gasteiger partial charge < -0.3 is 14.5 Å². The molecule has 5 rings (SSSR count). The van der Waals surface area contributed by atoms with Crippen molar-refractivity contribution in [1.82, 2.24) is 4.98 Å². The van der Waals surface area contributed by atoms with E-state index in [2.05, 4.69) is 40.6 Å². The minimum Gasteiger partial charge on any atom is -0.493 e. The molecule has 0 atom stereocenters. The van der Waals surface area contributed by atoms with Crippen molar-refractivity contribution in [1.29, 1.82) is 0 Å². The highest BCUT2D eigenvalue weighted by Gasteiger charge is 2.20. The monoisotopic (exact) mass is 496 g/mol. The summed E-state index contributed by atoms with van der Waals surface area (Å²) in [4.78, 5) is 16.9. The van der Waals surface area contributed by atoms with Crippen molar-refractivity contribution in [3.8, 4) is 16.9 Å². The van der Waals surface area contributed by atoms with Crippen molar-refractivity contribution >= 4 is 50.6 Å². The maximum Gasteiger partial charge on any atom is 0.249 e. The molecule has 5 aromatic rings. The maximum atomic E-state index is 12.8. The van der Waals surface area contributed by atoms with Gasteiger partial charge in [-0.25, -0.2) is 4.98 Å². The highest BCUT2D eigenvalue weighted by molar-refractivity contribution is 6.30. The Labute approximate surface area is 214 Å². The van der Waals surface area contributed by atoms with Crippen molar-refractivity contribution in [2.75, 3.05) is 11.9 Å². The molecule has 0 unspecified atom stereocenters. The van der Waals surface area contributed by atoms with E-state index in [0.29, 0.717) is 23.2 Å². The van der Waals surface area contributed by atoms with Gasteiger partial charge in [0.05, 0.1) is 17.9 Å². The SMILES string of the molecule is CCOc1c(/C(C)=C/C(=O)Nc2ccc(Cl)cn2)cc2c(-c3cccc4ccccc34)coc2c1C. The lowest BCUT2D eigenvalue weighted by atomic mass is 9.94. The van der Waals surface area contributed by atoms with Gasteiger partial charge in [0.15, 0.2) is 0 Å². The summed E-state index contributed by atoms with van der Waals surface area (Å²) in [5.74, 6) is 0.845. The highest BCUT2D eigenvalue weighted by atomic mass is 35.5. The van der Waals surface area contributed by atoms with Crippen molar-refractivity contribution in [2.45, 2.75) is 20.8 Å². The number of benzene rings is 3. The Morgan fingerprint density at radius 1 is 1.08 bits per heavy atom. The number of aromatic nitrogens is 1. The third-order valence-corrected chi connectivity index (χ3v) is 6.39. The van der Waals surface area contributed by atoms with E-state index in [1.165, 1.54) is 6.20 Å². The number of allylic oxidation sites excluding steroid dienone is 1. The molecule has 1 amide bonds. The number of carbonyl (C=O) groups excluding carboxylic acids is 1. The second-order valence-corrected chi connectivity index (χ2v) is 8.98. The van der Waals surface area contributed by atoms with Crippen LogP contribution in [0.25, 0.3) is 38.4 Å². The van der Waals surface area contributed by atoms with Gasteiger partial charge in [-0.2, -0.15) is 0 Å². The number of pyridine rings is 1. The van der Waals surface area contributed by atoms with Gasteiger partial charge in [0.25, 0.3) is 0 Å². The minimum absolute atomic E-state index is 0.288. The summed E-state index contributed by atoms with van der Waals surface area (Å²) in [6.07, 6.45) is 4.85. The minimum atomic E-state index is -0.288. The van der Waals surface area contributed by atoms with E-state index in [1.807, 2.05) is 39.0 Å². The summed E-state index contributed by atoms with van der Waals surface area (Å²) >= 11 is 5.89. The van der Waals surface area contributed by atoms with Crippen LogP contribution in [0.2, 0.25) is 5.02 Å². The standard InChI is InChI=1S/C30H25ClN2O3/c1-4-35-29-19(3)30-25(26(17-36-30)23-11-7-9-20-8-5-6-10-22(20)23)15-24(29)18(2)14-28(34)33-27-13-12-21(31)16-32-27/h5-17H,4H2,1-3H3,(H,32,33,34)/b18-14+. The zero-order chi connectivity index (χ0) is 25.2. The fraction of sp³-hybridized carbons (Fsp3) is 0.133. The normalized spacial score (nSPS) is 11.7. The molecule has 0 radical (unpaired) electrons. The second-order valence-electron chi connectivity index (χ2n) is 8.54. The predicted octanol–water partition coefficient (Wildman–Crippen LogP) is 8.05. The molecular weight excluding hydrogens is 472 g/mol. The molecule has 3 aromatic carbocycles. The number of hydrogen-bond donors (Lipinski definition) is 1. The molecule has 36 heavy (non-hydrogen) atoms. The number of carbonyl (C=O) groups is 1. The Hall–Kier alpha value is -4.09. The molecule has 2 aromatic heterocycles. The summed E-state index contributed by atoms with van der Waals surface area (Å²) in [5.41, 5.74) is 5.35. The predicted molar refractivity (Wildman–Crippen MR) is 147 cm³/mol. The van der Waals surface area contributed by atoms with E-state index in [-0.39, 0.29) is 5.91 Å². The molecule has 0 fully saturated rings. The molecule has 0 saturated heterocycles. The van der Waals surface area contributed by atoms with E-state index >= 15 is 0 Å². The molecule has 2 heterocycles. The van der Waals surface area contributed by atoms with Crippen LogP contribution in [0.5, 0.6) is 5.75 Å². The summed E-state index contributed by atoms with van der Waals surface area (Å²) in [5, 5.41) is 6.57. The zero-order valence-electron chi connectivity index (χ0n) is 20.3. The first-order chi connectivity index (χ1) is 17.5. The lowest BCUT2D eigenvalue weighted by Gasteiger charge is -2.15. The lowest BCUT2D eigenvalue weighted by molar-refractivity contribution is -0.111. The fourth-order valence-electron chi connectivity index (χ4n) is 4.49. The average molecular weight is 497 g/mol. The van der Waals surface area contributed by atoms with Crippen LogP contribution in [0.4, 0.5) is 5.82 Å². The Kier molecular flexibility index (Phi) is 6.49. The van der Waals surface area contributed by atoms with Crippen molar-refractivity contribution in [2.24, 2.45) is 0 Å². The molecule has 0 spiro atoms. The Balaban J connectivity index is 1.62. The number of fused-ring (bicyclic) bond motifs is 2. The fourth-order valence-corrected chi connectivity index (χ4v) is 4.61. The zero-order valence-corrected chi connectivity index (χ0v) is 21.0. The smallest absolute Gasteiger partial charge is 0.249 e. The Morgan fingerprint density at radius 3 is 2.67 bits per heavy atom. The Bertz CT molecular complexity index is 1610. The maximum absolute atomic E-state index is 12.8. The van der Waals surface area contributed by atoms with Gasteiger partial charge in [0.2, 0.25) is 5.91 Å². The van der Waals surface area contributed by atoms with E-state index < -0.39 is 0 Å². The number of aryl methyl sites for hydroxylation is 1. The van der Waals surface area contributed by atoms with E-state index in [4.69, 9.17) is 20.8 Å². The van der Waals surface area contributed by atoms with Crippen LogP contribution in [-0.2, 0) is 4.79 Å². The molecule has 0 aliphatic carbocycles. The first kappa shape index (κ1) is 23.6. The van der Waals surface area contributed by atoms with Gasteiger partial charge in [-0.05, 0) is 60.9 Å². The number of nitrogens with one attached hydrogen (secondary N) is 1. The summed E-state index contributed by atoms with van der Waals surface area (Å²) < 4.78 is 12.1. The molecule has 180 valence electrons. The Morgan fingerprint density at radius 2 is 1.89 bits per heavy atom. The number of hydrogen-bond acceptors (Lipinski definition) is 4. The number of amides is 1. The van der Waals surface area contributed by atoms with Gasteiger partial charge in [0, 0.05) is 34.3 Å². The van der Waals surface area contributed by atoms with Gasteiger partial charge >= 0.3 is 0 Å². The van der Waals surface area contributed by atoms with Crippen LogP contribution in [-0.4, -0.2) is 17.5 Å². The van der Waals surface area contributed by atoms with E-state index in [1.54, 1.807) is 24.5 Å². The third kappa shape index (κ3) is 4.45. The van der Waals surface area contributed by atoms with Crippen molar-refractivity contribution < 1.29 is 13.9 Å². The topological polar surface area (TPSA) is 64.4 Å². The average Bonchev–Trinajstić information content (AvgIpc) is 3.30. The quantitative estimate of drug-likeness (QED) is 0.241. The van der Waals surface area contributed by atoms with Crippen molar-refractivity contribution in [3.63, 3.8) is 0 Å². The van der Waals surface area contributed by atoms with Crippen LogP contribution in [0.1, 0.15) is 25.0 Å². The number of furan rings is 1. The molecule has 6 heteroatoms. The molecule has 0 saturated carbocycles. The largest absolute Gasteiger partial charge is 0.493 e. The van der Waals surface area contributed by atoms with Crippen LogP contribution < -0.4 is 10.1 Å². The summed E-state index contributed by atoms with van der Waals surface area (Å²) in [6, 6.07) is 19.9. The number of ether oxygens (including phenoxy) is 1. The van der Waals surface area contributed by atoms with Crippen LogP contribution in [0.3, 0.4) is 0 Å². The van der Waals surface area contributed by atoms with Crippen LogP contribution in [0, 0.1) is 6.92 Å². The second kappa shape index (κ2) is 9.88. The van der Waals surface area contributed by atoms with Gasteiger partial charge in [-0.3, -0.25) is 4.79 Å². The van der Waals surface area contributed by atoms with E-state index in [0.717, 1.165) is 49.6 Å². The van der Waals surface area contributed by atoms with Gasteiger partial charge in [-0.15, -0.1) is 0 Å². The highest BCUT2D eigenvalue weighted by Crippen LogP contribution is 2.42. The lowest BCUT2D eigenvalue weighted by Crippen LogP contribution is -2.10. The molecule has 0 aliphatic heterocycles. The molecular formula is C30H25ClN2O3. The number of rotatable bonds is 6. The number of halogens is 1. The number of anilines is 1. The van der Waals surface area contributed by atoms with Gasteiger partial charge in [-0.1, -0.05) is 54.1 Å². The molecule has 1 N–H and O–H groups in total. The molecule has 5 nitrogen and oxygen atoms in total.